The van der Waals surface area contributed by atoms with Crippen molar-refractivity contribution in [3.05, 3.63) is 56.8 Å². The van der Waals surface area contributed by atoms with Crippen LogP contribution in [-0.4, -0.2) is 37.6 Å². The maximum Gasteiger partial charge on any atom is 0.337 e. The Morgan fingerprint density at radius 3 is 1.88 bits per heavy atom. The minimum Gasteiger partial charge on any atom is -0.341 e. The van der Waals surface area contributed by atoms with Gasteiger partial charge in [0.2, 0.25) is 5.91 Å². The van der Waals surface area contributed by atoms with E-state index in [2.05, 4.69) is 13.2 Å². The smallest absolute Gasteiger partial charge is 0.337 e. The molecule has 1 fully saturated rings. The number of carbonyl (C=O) groups is 1. The minimum absolute atomic E-state index is 0.0399. The molecule has 0 atom stereocenters. The van der Waals surface area contributed by atoms with E-state index in [1.807, 2.05) is 0 Å². The molecule has 8 nitrogen and oxygen atoms in total. The van der Waals surface area contributed by atoms with E-state index in [1.165, 1.54) is 12.2 Å². The molecule has 2 rings (SSSR count). The van der Waals surface area contributed by atoms with Gasteiger partial charge in [-0.1, -0.05) is 31.4 Å². The van der Waals surface area contributed by atoms with Crippen LogP contribution in [0.4, 0.5) is 0 Å². The van der Waals surface area contributed by atoms with Crippen molar-refractivity contribution >= 4 is 5.91 Å². The molecule has 1 aliphatic rings. The van der Waals surface area contributed by atoms with Gasteiger partial charge in [-0.15, -0.1) is 13.2 Å². The number of carbonyl (C=O) groups excluding carboxylic acids is 1. The third-order valence-corrected chi connectivity index (χ3v) is 4.82. The maximum absolute atomic E-state index is 12.6. The molecular formula is C18H26N4O4. The van der Waals surface area contributed by atoms with Gasteiger partial charge in [0.15, 0.2) is 0 Å². The zero-order chi connectivity index (χ0) is 19.3. The molecule has 0 spiro atoms. The van der Waals surface area contributed by atoms with Gasteiger partial charge in [0.05, 0.1) is 13.1 Å². The monoisotopic (exact) mass is 362 g/mol. The van der Waals surface area contributed by atoms with Crippen LogP contribution in [0.5, 0.6) is 0 Å². The molecule has 1 amide bonds. The van der Waals surface area contributed by atoms with Crippen molar-refractivity contribution in [2.75, 3.05) is 7.05 Å². The van der Waals surface area contributed by atoms with Crippen molar-refractivity contribution in [1.29, 1.82) is 0 Å². The van der Waals surface area contributed by atoms with Crippen LogP contribution in [0.25, 0.3) is 0 Å². The summed E-state index contributed by atoms with van der Waals surface area (Å²) < 4.78 is 2.60. The van der Waals surface area contributed by atoms with Gasteiger partial charge in [-0.2, -0.15) is 0 Å². The zero-order valence-electron chi connectivity index (χ0n) is 15.2. The van der Waals surface area contributed by atoms with Crippen molar-refractivity contribution in [2.24, 2.45) is 0 Å². The largest absolute Gasteiger partial charge is 0.341 e. The normalized spacial score (nSPS) is 14.8. The summed E-state index contributed by atoms with van der Waals surface area (Å²) in [5, 5.41) is 0. The molecule has 1 aliphatic carbocycles. The van der Waals surface area contributed by atoms with E-state index in [-0.39, 0.29) is 31.6 Å². The number of likely N-dealkylation sites (N-methyl/N-ethyl adjacent to an activating group) is 1. The number of hydrogen-bond donors (Lipinski definition) is 0. The third kappa shape index (κ3) is 3.95. The number of amides is 1. The Hall–Kier alpha value is -2.64. The molecule has 1 saturated carbocycles. The quantitative estimate of drug-likeness (QED) is 0.655. The topological polar surface area (TPSA) is 86.3 Å². The Bertz CT molecular complexity index is 807. The summed E-state index contributed by atoms with van der Waals surface area (Å²) in [6.45, 7) is 6.58. The van der Waals surface area contributed by atoms with Crippen molar-refractivity contribution < 1.29 is 4.79 Å². The molecule has 0 saturated heterocycles. The summed E-state index contributed by atoms with van der Waals surface area (Å²) in [5.74, 6) is -0.315. The highest BCUT2D eigenvalue weighted by atomic mass is 16.2. The van der Waals surface area contributed by atoms with Crippen molar-refractivity contribution in [3.63, 3.8) is 0 Å². The fourth-order valence-electron chi connectivity index (χ4n) is 3.31. The van der Waals surface area contributed by atoms with Crippen molar-refractivity contribution in [1.82, 2.24) is 18.6 Å². The first-order valence-corrected chi connectivity index (χ1v) is 8.84. The average Bonchev–Trinajstić information content (AvgIpc) is 2.65. The molecule has 0 aromatic carbocycles. The van der Waals surface area contributed by atoms with Gasteiger partial charge >= 0.3 is 17.1 Å². The lowest BCUT2D eigenvalue weighted by molar-refractivity contribution is -0.133. The number of rotatable bonds is 7. The average molecular weight is 362 g/mol. The number of nitrogens with zero attached hydrogens (tertiary/aromatic N) is 4. The van der Waals surface area contributed by atoms with E-state index in [0.29, 0.717) is 0 Å². The summed E-state index contributed by atoms with van der Waals surface area (Å²) in [6, 6.07) is 0.126. The molecule has 0 bridgehead atoms. The van der Waals surface area contributed by atoms with Crippen LogP contribution in [0.1, 0.15) is 32.1 Å². The van der Waals surface area contributed by atoms with Gasteiger partial charge in [-0.25, -0.2) is 28.1 Å². The Balaban J connectivity index is 2.41. The van der Waals surface area contributed by atoms with Gasteiger partial charge in [-0.3, -0.25) is 4.79 Å². The second kappa shape index (κ2) is 8.64. The van der Waals surface area contributed by atoms with E-state index in [4.69, 9.17) is 0 Å². The molecule has 0 radical (unpaired) electrons. The Labute approximate surface area is 151 Å². The van der Waals surface area contributed by atoms with E-state index in [0.717, 1.165) is 45.8 Å². The number of hydrogen-bond acceptors (Lipinski definition) is 4. The molecule has 142 valence electrons. The highest BCUT2D eigenvalue weighted by Crippen LogP contribution is 2.21. The Morgan fingerprint density at radius 1 is 0.962 bits per heavy atom. The standard InChI is InChI=1S/C18H26N4O4/c1-4-11-20-16(24)21(12-5-2)18(26)22(17(20)25)13-15(23)19(3)14-9-7-6-8-10-14/h4-5,14H,1-2,6-13H2,3H3. The summed E-state index contributed by atoms with van der Waals surface area (Å²) in [4.78, 5) is 51.7. The van der Waals surface area contributed by atoms with Crippen LogP contribution < -0.4 is 17.1 Å². The first-order valence-electron chi connectivity index (χ1n) is 8.84. The predicted octanol–water partition coefficient (Wildman–Crippen LogP) is 0.335. The van der Waals surface area contributed by atoms with Crippen LogP contribution in [0, 0.1) is 0 Å². The fraction of sp³-hybridized carbons (Fsp3) is 0.556. The van der Waals surface area contributed by atoms with Gasteiger partial charge in [0.1, 0.15) is 6.54 Å². The molecule has 8 heteroatoms. The second-order valence-electron chi connectivity index (χ2n) is 6.53. The van der Waals surface area contributed by atoms with E-state index in [1.54, 1.807) is 11.9 Å². The minimum atomic E-state index is -0.800. The van der Waals surface area contributed by atoms with E-state index in [9.17, 15) is 19.2 Å². The third-order valence-electron chi connectivity index (χ3n) is 4.82. The SMILES string of the molecule is C=CCn1c(=O)n(CC=C)c(=O)n(CC(=O)N(C)C2CCCCC2)c1=O. The summed E-state index contributed by atoms with van der Waals surface area (Å²) >= 11 is 0. The summed E-state index contributed by atoms with van der Waals surface area (Å²) in [6.07, 6.45) is 7.94. The Morgan fingerprint density at radius 2 is 1.42 bits per heavy atom. The molecular weight excluding hydrogens is 336 g/mol. The van der Waals surface area contributed by atoms with Crippen LogP contribution in [0.15, 0.2) is 39.7 Å². The lowest BCUT2D eigenvalue weighted by Crippen LogP contribution is -2.56. The lowest BCUT2D eigenvalue weighted by Gasteiger charge is -2.31. The number of allylic oxidation sites excluding steroid dienone is 2. The van der Waals surface area contributed by atoms with Crippen LogP contribution in [0.3, 0.4) is 0 Å². The maximum atomic E-state index is 12.6. The zero-order valence-corrected chi connectivity index (χ0v) is 15.2. The molecule has 0 N–H and O–H groups in total. The molecule has 1 heterocycles. The van der Waals surface area contributed by atoms with Gasteiger partial charge in [-0.05, 0) is 12.8 Å². The van der Waals surface area contributed by atoms with Crippen LogP contribution in [0.2, 0.25) is 0 Å². The lowest BCUT2D eigenvalue weighted by atomic mass is 9.94. The van der Waals surface area contributed by atoms with Crippen molar-refractivity contribution in [2.45, 2.75) is 57.8 Å². The first-order chi connectivity index (χ1) is 12.4. The summed E-state index contributed by atoms with van der Waals surface area (Å²) in [5.41, 5.74) is -2.33. The predicted molar refractivity (Wildman–Crippen MR) is 99.3 cm³/mol. The molecule has 1 aromatic heterocycles. The summed E-state index contributed by atoms with van der Waals surface area (Å²) in [7, 11) is 1.70. The number of aromatic nitrogens is 3. The molecule has 26 heavy (non-hydrogen) atoms. The van der Waals surface area contributed by atoms with Crippen LogP contribution in [-0.2, 0) is 24.4 Å². The molecule has 0 unspecified atom stereocenters. The van der Waals surface area contributed by atoms with Gasteiger partial charge in [0.25, 0.3) is 0 Å². The van der Waals surface area contributed by atoms with E-state index >= 15 is 0 Å². The van der Waals surface area contributed by atoms with Gasteiger partial charge < -0.3 is 4.90 Å². The van der Waals surface area contributed by atoms with Gasteiger partial charge in [0, 0.05) is 13.1 Å². The highest BCUT2D eigenvalue weighted by molar-refractivity contribution is 5.76. The first kappa shape index (κ1) is 19.7. The van der Waals surface area contributed by atoms with Crippen molar-refractivity contribution in [3.8, 4) is 0 Å². The second-order valence-corrected chi connectivity index (χ2v) is 6.53. The molecule has 0 aliphatic heterocycles. The highest BCUT2D eigenvalue weighted by Gasteiger charge is 2.24. The van der Waals surface area contributed by atoms with Crippen LogP contribution >= 0.6 is 0 Å². The van der Waals surface area contributed by atoms with E-state index < -0.39 is 17.1 Å². The Kier molecular flexibility index (Phi) is 6.54. The fourth-order valence-corrected chi connectivity index (χ4v) is 3.31. The molecule has 1 aromatic rings.